The first-order chi connectivity index (χ1) is 14.0. The molecule has 2 fully saturated rings. The summed E-state index contributed by atoms with van der Waals surface area (Å²) >= 11 is 0. The third-order valence-electron chi connectivity index (χ3n) is 5.86. The Morgan fingerprint density at radius 2 is 1.79 bits per heavy atom. The number of nitrogens with two attached hydrogens (primary N) is 1. The Balaban J connectivity index is 1.56. The van der Waals surface area contributed by atoms with Crippen molar-refractivity contribution in [1.29, 1.82) is 0 Å². The molecule has 0 saturated carbocycles. The Morgan fingerprint density at radius 1 is 1.10 bits per heavy atom. The molecule has 2 heterocycles. The van der Waals surface area contributed by atoms with Gasteiger partial charge in [-0.1, -0.05) is 26.2 Å². The van der Waals surface area contributed by atoms with E-state index < -0.39 is 6.04 Å². The molecule has 29 heavy (non-hydrogen) atoms. The largest absolute Gasteiger partial charge is 0.494 e. The van der Waals surface area contributed by atoms with Crippen LogP contribution in [0.5, 0.6) is 5.75 Å². The third kappa shape index (κ3) is 5.15. The van der Waals surface area contributed by atoms with Crippen LogP contribution in [0.25, 0.3) is 0 Å². The number of carbonyl (C=O) groups is 3. The lowest BCUT2D eigenvalue weighted by Crippen LogP contribution is -2.47. The van der Waals surface area contributed by atoms with Crippen molar-refractivity contribution in [2.45, 2.75) is 57.9 Å². The molecule has 2 N–H and O–H groups in total. The van der Waals surface area contributed by atoms with Crippen LogP contribution in [-0.2, 0) is 14.4 Å². The maximum Gasteiger partial charge on any atom is 0.251 e. The topological polar surface area (TPSA) is 92.9 Å². The van der Waals surface area contributed by atoms with E-state index in [-0.39, 0.29) is 30.1 Å². The molecule has 1 aromatic rings. The Hall–Kier alpha value is -2.41. The van der Waals surface area contributed by atoms with Crippen LogP contribution in [0.1, 0.15) is 51.9 Å². The zero-order chi connectivity index (χ0) is 20.8. The first-order valence-corrected chi connectivity index (χ1v) is 10.6. The van der Waals surface area contributed by atoms with Crippen LogP contribution in [0.3, 0.4) is 0 Å². The number of ether oxygens (including phenoxy) is 1. The summed E-state index contributed by atoms with van der Waals surface area (Å²) in [5.74, 6) is -0.0581. The number of benzene rings is 1. The van der Waals surface area contributed by atoms with Gasteiger partial charge in [-0.3, -0.25) is 19.3 Å². The molecule has 2 aliphatic heterocycles. The van der Waals surface area contributed by atoms with Gasteiger partial charge >= 0.3 is 0 Å². The van der Waals surface area contributed by atoms with E-state index in [2.05, 4.69) is 6.92 Å². The fraction of sp³-hybridized carbons (Fsp3) is 0.591. The van der Waals surface area contributed by atoms with Gasteiger partial charge in [-0.25, -0.2) is 4.90 Å². The van der Waals surface area contributed by atoms with Crippen LogP contribution in [0, 0.1) is 5.92 Å². The number of primary amides is 1. The molecule has 2 aliphatic rings. The highest BCUT2D eigenvalue weighted by molar-refractivity contribution is 6.22. The SMILES string of the molecule is CCCCCCOc1ccc(N2C(=O)C[C@@H](N3CCC(C(N)=O)CC3)C2=O)cc1. The molecule has 1 aromatic carbocycles. The first kappa shape index (κ1) is 21.3. The average molecular weight is 402 g/mol. The number of nitrogens with zero attached hydrogens (tertiary/aromatic N) is 2. The molecule has 1 atom stereocenters. The van der Waals surface area contributed by atoms with Crippen molar-refractivity contribution in [3.05, 3.63) is 24.3 Å². The van der Waals surface area contributed by atoms with Crippen molar-refractivity contribution in [2.24, 2.45) is 11.7 Å². The van der Waals surface area contributed by atoms with Crippen molar-refractivity contribution in [3.63, 3.8) is 0 Å². The number of imide groups is 1. The second-order valence-electron chi connectivity index (χ2n) is 7.90. The predicted octanol–water partition coefficient (Wildman–Crippen LogP) is 2.47. The van der Waals surface area contributed by atoms with Crippen molar-refractivity contribution in [3.8, 4) is 5.75 Å². The number of anilines is 1. The minimum atomic E-state index is -0.453. The van der Waals surface area contributed by atoms with Crippen LogP contribution in [0.2, 0.25) is 0 Å². The summed E-state index contributed by atoms with van der Waals surface area (Å²) in [5, 5.41) is 0. The third-order valence-corrected chi connectivity index (χ3v) is 5.86. The number of rotatable bonds is 9. The van der Waals surface area contributed by atoms with Gasteiger partial charge in [-0.15, -0.1) is 0 Å². The van der Waals surface area contributed by atoms with E-state index in [0.29, 0.717) is 38.2 Å². The summed E-state index contributed by atoms with van der Waals surface area (Å²) in [6.45, 7) is 4.06. The maximum atomic E-state index is 12.9. The average Bonchev–Trinajstić information content (AvgIpc) is 3.02. The molecule has 2 saturated heterocycles. The molecule has 0 bridgehead atoms. The Kier molecular flexibility index (Phi) is 7.25. The Bertz CT molecular complexity index is 726. The van der Waals surface area contributed by atoms with Gasteiger partial charge in [0.2, 0.25) is 11.8 Å². The second kappa shape index (κ2) is 9.87. The highest BCUT2D eigenvalue weighted by atomic mass is 16.5. The van der Waals surface area contributed by atoms with Gasteiger partial charge in [-0.2, -0.15) is 0 Å². The monoisotopic (exact) mass is 401 g/mol. The Morgan fingerprint density at radius 3 is 2.41 bits per heavy atom. The highest BCUT2D eigenvalue weighted by Crippen LogP contribution is 2.29. The number of likely N-dealkylation sites (tertiary alicyclic amines) is 1. The van der Waals surface area contributed by atoms with Crippen LogP contribution < -0.4 is 15.4 Å². The first-order valence-electron chi connectivity index (χ1n) is 10.6. The van der Waals surface area contributed by atoms with E-state index in [1.54, 1.807) is 24.3 Å². The molecule has 158 valence electrons. The molecule has 3 amide bonds. The fourth-order valence-electron chi connectivity index (χ4n) is 4.08. The molecular weight excluding hydrogens is 370 g/mol. The van der Waals surface area contributed by atoms with Crippen molar-refractivity contribution < 1.29 is 19.1 Å². The molecule has 0 radical (unpaired) electrons. The van der Waals surface area contributed by atoms with Crippen LogP contribution in [0.15, 0.2) is 24.3 Å². The van der Waals surface area contributed by atoms with Crippen molar-refractivity contribution in [1.82, 2.24) is 4.90 Å². The van der Waals surface area contributed by atoms with Crippen LogP contribution in [0.4, 0.5) is 5.69 Å². The van der Waals surface area contributed by atoms with Gasteiger partial charge in [0.15, 0.2) is 0 Å². The molecule has 0 spiro atoms. The van der Waals surface area contributed by atoms with Gasteiger partial charge < -0.3 is 10.5 Å². The van der Waals surface area contributed by atoms with Gasteiger partial charge in [0.05, 0.1) is 24.8 Å². The summed E-state index contributed by atoms with van der Waals surface area (Å²) in [6.07, 6.45) is 6.03. The minimum absolute atomic E-state index is 0.135. The summed E-state index contributed by atoms with van der Waals surface area (Å²) in [7, 11) is 0. The van der Waals surface area contributed by atoms with E-state index in [1.165, 1.54) is 17.7 Å². The lowest BCUT2D eigenvalue weighted by Gasteiger charge is -2.33. The number of hydrogen-bond acceptors (Lipinski definition) is 5. The van der Waals surface area contributed by atoms with E-state index in [4.69, 9.17) is 10.5 Å². The standard InChI is InChI=1S/C22H31N3O4/c1-2-3-4-5-14-29-18-8-6-17(7-9-18)25-20(26)15-19(22(25)28)24-12-10-16(11-13-24)21(23)27/h6-9,16,19H,2-5,10-15H2,1H3,(H2,23,27)/t19-/m1/s1. The van der Waals surface area contributed by atoms with Crippen molar-refractivity contribution >= 4 is 23.4 Å². The molecule has 7 heteroatoms. The Labute approximate surface area is 172 Å². The maximum absolute atomic E-state index is 12.9. The zero-order valence-electron chi connectivity index (χ0n) is 17.1. The van der Waals surface area contributed by atoms with Gasteiger partial charge in [0.25, 0.3) is 5.91 Å². The molecule has 0 aliphatic carbocycles. The molecular formula is C22H31N3O4. The summed E-state index contributed by atoms with van der Waals surface area (Å²) in [6, 6.07) is 6.69. The van der Waals surface area contributed by atoms with E-state index in [1.807, 2.05) is 4.90 Å². The number of unbranched alkanes of at least 4 members (excludes halogenated alkanes) is 3. The van der Waals surface area contributed by atoms with Crippen LogP contribution >= 0.6 is 0 Å². The molecule has 3 rings (SSSR count). The summed E-state index contributed by atoms with van der Waals surface area (Å²) in [4.78, 5) is 40.1. The second-order valence-corrected chi connectivity index (χ2v) is 7.90. The fourth-order valence-corrected chi connectivity index (χ4v) is 4.08. The zero-order valence-corrected chi connectivity index (χ0v) is 17.1. The van der Waals surface area contributed by atoms with E-state index in [9.17, 15) is 14.4 Å². The van der Waals surface area contributed by atoms with E-state index >= 15 is 0 Å². The van der Waals surface area contributed by atoms with Gasteiger partial charge in [0, 0.05) is 5.92 Å². The van der Waals surface area contributed by atoms with Gasteiger partial charge in [0.1, 0.15) is 5.75 Å². The molecule has 0 unspecified atom stereocenters. The lowest BCUT2D eigenvalue weighted by molar-refractivity contribution is -0.124. The quantitative estimate of drug-likeness (QED) is 0.507. The number of carbonyl (C=O) groups excluding carboxylic acids is 3. The normalized spacial score (nSPS) is 21.0. The molecule has 0 aromatic heterocycles. The molecule has 7 nitrogen and oxygen atoms in total. The summed E-state index contributed by atoms with van der Waals surface area (Å²) < 4.78 is 5.74. The van der Waals surface area contributed by atoms with Crippen molar-refractivity contribution in [2.75, 3.05) is 24.6 Å². The number of hydrogen-bond donors (Lipinski definition) is 1. The lowest BCUT2D eigenvalue weighted by atomic mass is 9.95. The smallest absolute Gasteiger partial charge is 0.251 e. The van der Waals surface area contributed by atoms with Crippen LogP contribution in [-0.4, -0.2) is 48.4 Å². The van der Waals surface area contributed by atoms with E-state index in [0.717, 1.165) is 18.6 Å². The van der Waals surface area contributed by atoms with Gasteiger partial charge in [-0.05, 0) is 56.6 Å². The minimum Gasteiger partial charge on any atom is -0.494 e. The summed E-state index contributed by atoms with van der Waals surface area (Å²) in [5.41, 5.74) is 5.96. The highest BCUT2D eigenvalue weighted by Gasteiger charge is 2.43. The number of piperidine rings is 1. The predicted molar refractivity (Wildman–Crippen MR) is 110 cm³/mol. The number of amides is 3.